The summed E-state index contributed by atoms with van der Waals surface area (Å²) < 4.78 is 63.5. The highest BCUT2D eigenvalue weighted by atomic mass is 19.2. The van der Waals surface area contributed by atoms with Crippen molar-refractivity contribution < 1.29 is 27.8 Å². The summed E-state index contributed by atoms with van der Waals surface area (Å²) in [5.41, 5.74) is 2.97. The van der Waals surface area contributed by atoms with E-state index in [2.05, 4.69) is 20.2 Å². The molecule has 2 saturated carbocycles. The zero-order chi connectivity index (χ0) is 41.9. The molecule has 8 nitrogen and oxygen atoms in total. The molecule has 12 heteroatoms. The van der Waals surface area contributed by atoms with Crippen LogP contribution in [0.15, 0.2) is 121 Å². The third-order valence-corrected chi connectivity index (χ3v) is 13.8. The van der Waals surface area contributed by atoms with E-state index in [9.17, 15) is 19.0 Å². The molecule has 0 unspecified atom stereocenters. The zero-order valence-corrected chi connectivity index (χ0v) is 33.4. The Labute approximate surface area is 360 Å². The summed E-state index contributed by atoms with van der Waals surface area (Å²) in [6.45, 7) is 3.83. The maximum atomic E-state index is 16.7. The number of alkyl halides is 2. The first-order valence-electron chi connectivity index (χ1n) is 20.5. The molecule has 10 rings (SSSR count). The van der Waals surface area contributed by atoms with Gasteiger partial charge in [-0.2, -0.15) is 10.2 Å². The Bertz CT molecular complexity index is 2400. The molecule has 0 bridgehead atoms. The number of pyridine rings is 2. The smallest absolute Gasteiger partial charge is 0.150 e. The van der Waals surface area contributed by atoms with Crippen LogP contribution in [0.4, 0.5) is 17.6 Å². The van der Waals surface area contributed by atoms with Crippen molar-refractivity contribution in [2.75, 3.05) is 0 Å². The quantitative estimate of drug-likeness (QED) is 0.162. The van der Waals surface area contributed by atoms with E-state index in [1.54, 1.807) is 95.1 Å². The van der Waals surface area contributed by atoms with Crippen LogP contribution in [0.1, 0.15) is 113 Å². The van der Waals surface area contributed by atoms with Crippen molar-refractivity contribution in [3.05, 3.63) is 166 Å². The number of aliphatic hydroxyl groups is 2. The van der Waals surface area contributed by atoms with Crippen LogP contribution in [0.5, 0.6) is 0 Å². The van der Waals surface area contributed by atoms with E-state index in [1.807, 2.05) is 26.0 Å². The number of hydrogen-bond donors (Lipinski definition) is 2. The SMILES string of the molecule is C.C.C[C@]12Cc3cnn(-c4ccc(F)cc4)c3C=C1CCC[C@]2(F)[C@@H](O)c1ccncc1.C[C@]12Cc3cnn(-c4ccc(F)cc4)c3C=C1CCC[C@]2(F)[C@H](O)c1ccncc1. The van der Waals surface area contributed by atoms with Gasteiger partial charge in [-0.3, -0.25) is 9.97 Å². The first-order valence-corrected chi connectivity index (χ1v) is 20.5. The van der Waals surface area contributed by atoms with Gasteiger partial charge in [0, 0.05) is 35.6 Å². The molecule has 2 N–H and O–H groups in total. The van der Waals surface area contributed by atoms with Gasteiger partial charge in [0.05, 0.1) is 35.2 Å². The minimum atomic E-state index is -1.80. The maximum absolute atomic E-state index is 16.7. The van der Waals surface area contributed by atoms with Crippen molar-refractivity contribution in [3.8, 4) is 11.4 Å². The second-order valence-electron chi connectivity index (χ2n) is 17.0. The van der Waals surface area contributed by atoms with Crippen LogP contribution in [-0.4, -0.2) is 51.1 Å². The van der Waals surface area contributed by atoms with E-state index in [1.165, 1.54) is 24.3 Å². The fraction of sp³-hybridized carbons (Fsp3) is 0.360. The molecule has 6 atom stereocenters. The fourth-order valence-electron chi connectivity index (χ4n) is 10.2. The summed E-state index contributed by atoms with van der Waals surface area (Å²) in [5.74, 6) is -0.601. The molecule has 0 spiro atoms. The van der Waals surface area contributed by atoms with Gasteiger partial charge < -0.3 is 10.2 Å². The lowest BCUT2D eigenvalue weighted by Gasteiger charge is -2.52. The first-order chi connectivity index (χ1) is 28.8. The largest absolute Gasteiger partial charge is 0.385 e. The molecule has 0 amide bonds. The van der Waals surface area contributed by atoms with E-state index in [4.69, 9.17) is 0 Å². The lowest BCUT2D eigenvalue weighted by Crippen LogP contribution is -2.53. The zero-order valence-electron chi connectivity index (χ0n) is 33.4. The molecule has 0 saturated heterocycles. The van der Waals surface area contributed by atoms with Gasteiger partial charge in [-0.1, -0.05) is 39.8 Å². The maximum Gasteiger partial charge on any atom is 0.150 e. The Morgan fingerprint density at radius 2 is 0.919 bits per heavy atom. The fourth-order valence-corrected chi connectivity index (χ4v) is 10.2. The number of benzene rings is 2. The third-order valence-electron chi connectivity index (χ3n) is 13.8. The Morgan fingerprint density at radius 1 is 0.565 bits per heavy atom. The average Bonchev–Trinajstić information content (AvgIpc) is 3.86. The predicted octanol–water partition coefficient (Wildman–Crippen LogP) is 11.2. The summed E-state index contributed by atoms with van der Waals surface area (Å²) in [4.78, 5) is 7.96. The first kappa shape index (κ1) is 44.3. The molecule has 2 fully saturated rings. The van der Waals surface area contributed by atoms with Crippen molar-refractivity contribution in [1.82, 2.24) is 29.5 Å². The van der Waals surface area contributed by atoms with Crippen LogP contribution in [-0.2, 0) is 12.8 Å². The monoisotopic (exact) mass is 846 g/mol. The molecule has 0 aliphatic heterocycles. The molecule has 4 aromatic heterocycles. The van der Waals surface area contributed by atoms with Gasteiger partial charge in [-0.05, 0) is 159 Å². The van der Waals surface area contributed by atoms with Crippen LogP contribution >= 0.6 is 0 Å². The Balaban J connectivity index is 0.000000181. The van der Waals surface area contributed by atoms with E-state index in [0.29, 0.717) is 49.7 Å². The van der Waals surface area contributed by atoms with Crippen molar-refractivity contribution in [2.45, 2.75) is 104 Å². The number of aliphatic hydroxyl groups excluding tert-OH is 2. The predicted molar refractivity (Wildman–Crippen MR) is 234 cm³/mol. The average molecular weight is 847 g/mol. The van der Waals surface area contributed by atoms with Crippen molar-refractivity contribution in [1.29, 1.82) is 0 Å². The van der Waals surface area contributed by atoms with Crippen LogP contribution in [0.25, 0.3) is 23.5 Å². The second-order valence-corrected chi connectivity index (χ2v) is 17.0. The number of fused-ring (bicyclic) bond motifs is 4. The Kier molecular flexibility index (Phi) is 12.1. The van der Waals surface area contributed by atoms with Crippen LogP contribution in [0, 0.1) is 22.5 Å². The Hall–Kier alpha value is -5.72. The van der Waals surface area contributed by atoms with Gasteiger partial charge in [-0.15, -0.1) is 0 Å². The van der Waals surface area contributed by atoms with Crippen molar-refractivity contribution in [2.24, 2.45) is 10.8 Å². The number of allylic oxidation sites excluding steroid dienone is 2. The lowest BCUT2D eigenvalue weighted by molar-refractivity contribution is -0.101. The highest BCUT2D eigenvalue weighted by Gasteiger charge is 2.60. The lowest BCUT2D eigenvalue weighted by atomic mass is 9.56. The van der Waals surface area contributed by atoms with E-state index >= 15 is 8.78 Å². The number of halogens is 4. The van der Waals surface area contributed by atoms with Gasteiger partial charge in [0.2, 0.25) is 0 Å². The minimum Gasteiger partial charge on any atom is -0.385 e. The number of aromatic nitrogens is 6. The Morgan fingerprint density at radius 3 is 1.27 bits per heavy atom. The van der Waals surface area contributed by atoms with Crippen molar-refractivity contribution >= 4 is 12.2 Å². The van der Waals surface area contributed by atoms with Gasteiger partial charge >= 0.3 is 0 Å². The summed E-state index contributed by atoms with van der Waals surface area (Å²) in [6.07, 6.45) is 15.8. The molecule has 324 valence electrons. The standard InChI is InChI=1S/2C24H23F2N3O.2CH4/c2*1-23-14-17-15-28-29(20-6-4-19(25)5-7-20)21(17)13-18(23)3-2-10-24(23,26)22(30)16-8-11-27-12-9-16;;/h2*4-9,11-13,15,22,30H,2-3,10,14H2,1H3;2*1H4/t22-,23+,24+;22-,23-,24-;;/m10../s1. The van der Waals surface area contributed by atoms with Crippen LogP contribution in [0.3, 0.4) is 0 Å². The molecule has 2 aromatic carbocycles. The van der Waals surface area contributed by atoms with Gasteiger partial charge in [-0.25, -0.2) is 26.9 Å². The number of nitrogens with zero attached hydrogens (tertiary/aromatic N) is 6. The molecular formula is C50H54F4N6O2. The molecule has 4 aliphatic rings. The van der Waals surface area contributed by atoms with E-state index in [0.717, 1.165) is 57.9 Å². The molecule has 62 heavy (non-hydrogen) atoms. The van der Waals surface area contributed by atoms with E-state index in [-0.39, 0.29) is 26.5 Å². The minimum absolute atomic E-state index is 0. The highest BCUT2D eigenvalue weighted by molar-refractivity contribution is 5.63. The normalized spacial score (nSPS) is 25.6. The summed E-state index contributed by atoms with van der Waals surface area (Å²) >= 11 is 0. The van der Waals surface area contributed by atoms with Gasteiger partial charge in [0.1, 0.15) is 35.2 Å². The molecule has 4 aliphatic carbocycles. The summed E-state index contributed by atoms with van der Waals surface area (Å²) in [6, 6.07) is 19.0. The molecule has 4 heterocycles. The van der Waals surface area contributed by atoms with E-state index < -0.39 is 34.4 Å². The van der Waals surface area contributed by atoms with Gasteiger partial charge in [0.25, 0.3) is 0 Å². The summed E-state index contributed by atoms with van der Waals surface area (Å²) in [5, 5.41) is 31.1. The highest BCUT2D eigenvalue weighted by Crippen LogP contribution is 2.60. The molecule has 6 aromatic rings. The third kappa shape index (κ3) is 7.20. The second kappa shape index (κ2) is 16.9. The van der Waals surface area contributed by atoms with Gasteiger partial charge in [0.15, 0.2) is 0 Å². The topological polar surface area (TPSA) is 102 Å². The summed E-state index contributed by atoms with van der Waals surface area (Å²) in [7, 11) is 0. The van der Waals surface area contributed by atoms with Crippen molar-refractivity contribution in [3.63, 3.8) is 0 Å². The molecule has 0 radical (unpaired) electrons. The number of hydrogen-bond acceptors (Lipinski definition) is 6. The molecular weight excluding hydrogens is 793 g/mol. The van der Waals surface area contributed by atoms with Crippen LogP contribution in [0.2, 0.25) is 0 Å². The number of rotatable bonds is 6. The van der Waals surface area contributed by atoms with Crippen LogP contribution < -0.4 is 0 Å².